The van der Waals surface area contributed by atoms with E-state index in [1.165, 1.54) is 23.1 Å². The topological polar surface area (TPSA) is 64.4 Å². The van der Waals surface area contributed by atoms with E-state index < -0.39 is 11.6 Å². The van der Waals surface area contributed by atoms with Crippen LogP contribution in [0.4, 0.5) is 20.4 Å². The van der Waals surface area contributed by atoms with E-state index in [0.717, 1.165) is 43.6 Å². The van der Waals surface area contributed by atoms with Crippen molar-refractivity contribution in [2.24, 2.45) is 0 Å². The molecule has 0 amide bonds. The van der Waals surface area contributed by atoms with Crippen molar-refractivity contribution in [3.05, 3.63) is 66.0 Å². The Kier molecular flexibility index (Phi) is 5.16. The quantitative estimate of drug-likeness (QED) is 0.694. The van der Waals surface area contributed by atoms with Crippen LogP contribution in [-0.4, -0.2) is 58.6 Å². The van der Waals surface area contributed by atoms with Crippen LogP contribution in [-0.2, 0) is 9.47 Å². The zero-order valence-electron chi connectivity index (χ0n) is 16.2. The number of aromatic nitrogens is 3. The lowest BCUT2D eigenvalue weighted by Gasteiger charge is -2.42. The summed E-state index contributed by atoms with van der Waals surface area (Å²) in [5, 5.41) is 7.40. The smallest absolute Gasteiger partial charge is 0.246 e. The Morgan fingerprint density at radius 3 is 2.67 bits per heavy atom. The third-order valence-electron chi connectivity index (χ3n) is 5.35. The van der Waals surface area contributed by atoms with E-state index in [1.54, 1.807) is 0 Å². The molecule has 7 nitrogen and oxygen atoms in total. The molecule has 0 aliphatic carbocycles. The van der Waals surface area contributed by atoms with E-state index in [2.05, 4.69) is 20.3 Å². The first-order valence-electron chi connectivity index (χ1n) is 9.82. The highest BCUT2D eigenvalue weighted by Crippen LogP contribution is 2.27. The normalized spacial score (nSPS) is 20.1. The summed E-state index contributed by atoms with van der Waals surface area (Å²) in [6.07, 6.45) is 1.39. The number of halogens is 2. The van der Waals surface area contributed by atoms with Gasteiger partial charge in [0, 0.05) is 24.8 Å². The highest BCUT2D eigenvalue weighted by Gasteiger charge is 2.31. The third kappa shape index (κ3) is 4.04. The van der Waals surface area contributed by atoms with Gasteiger partial charge in [-0.25, -0.2) is 13.5 Å². The van der Waals surface area contributed by atoms with Gasteiger partial charge in [0.15, 0.2) is 0 Å². The van der Waals surface area contributed by atoms with Crippen molar-refractivity contribution in [3.8, 4) is 5.69 Å². The van der Waals surface area contributed by atoms with Crippen molar-refractivity contribution in [2.45, 2.75) is 12.1 Å². The zero-order valence-corrected chi connectivity index (χ0v) is 16.2. The molecule has 0 saturated carbocycles. The molecular weight excluding hydrogens is 392 g/mol. The first kappa shape index (κ1) is 19.1. The van der Waals surface area contributed by atoms with Crippen LogP contribution >= 0.6 is 0 Å². The molecule has 2 saturated heterocycles. The summed E-state index contributed by atoms with van der Waals surface area (Å²) in [6.45, 7) is 4.02. The lowest BCUT2D eigenvalue weighted by atomic mass is 10.1. The summed E-state index contributed by atoms with van der Waals surface area (Å²) in [4.78, 5) is 6.60. The number of hydrogen-bond donors (Lipinski definition) is 1. The number of hydrogen-bond acceptors (Lipinski definition) is 6. The summed E-state index contributed by atoms with van der Waals surface area (Å²) in [5.41, 5.74) is 2.14. The molecule has 2 aromatic carbocycles. The van der Waals surface area contributed by atoms with Gasteiger partial charge >= 0.3 is 0 Å². The molecule has 5 rings (SSSR count). The molecule has 3 heterocycles. The maximum Gasteiger partial charge on any atom is 0.246 e. The van der Waals surface area contributed by atoms with Gasteiger partial charge in [-0.05, 0) is 29.8 Å². The fourth-order valence-corrected chi connectivity index (χ4v) is 3.70. The highest BCUT2D eigenvalue weighted by molar-refractivity contribution is 5.54. The Balaban J connectivity index is 1.30. The van der Waals surface area contributed by atoms with Crippen molar-refractivity contribution in [1.29, 1.82) is 0 Å². The van der Waals surface area contributed by atoms with Gasteiger partial charge in [-0.2, -0.15) is 4.98 Å². The van der Waals surface area contributed by atoms with Gasteiger partial charge in [-0.15, -0.1) is 5.10 Å². The molecule has 30 heavy (non-hydrogen) atoms. The Labute approximate surface area is 172 Å². The Bertz CT molecular complexity index is 1020. The van der Waals surface area contributed by atoms with Gasteiger partial charge in [0.1, 0.15) is 18.0 Å². The van der Waals surface area contributed by atoms with E-state index in [-0.39, 0.29) is 11.8 Å². The molecule has 3 aromatic rings. The Hall–Kier alpha value is -2.88. The minimum atomic E-state index is -0.669. The monoisotopic (exact) mass is 413 g/mol. The largest absolute Gasteiger partial charge is 0.378 e. The lowest BCUT2D eigenvalue weighted by molar-refractivity contribution is -0.115. The summed E-state index contributed by atoms with van der Waals surface area (Å²) in [5.74, 6) is -1.01. The predicted molar refractivity (Wildman–Crippen MR) is 106 cm³/mol. The van der Waals surface area contributed by atoms with Gasteiger partial charge in [-0.1, -0.05) is 12.1 Å². The van der Waals surface area contributed by atoms with Crippen LogP contribution in [0.25, 0.3) is 5.69 Å². The summed E-state index contributed by atoms with van der Waals surface area (Å²) >= 11 is 0. The van der Waals surface area contributed by atoms with Crippen LogP contribution < -0.4 is 5.32 Å². The SMILES string of the molecule is Fc1cc(F)cc(-n2cnc(Nc3cccc([C@@H]4CN(C5COC5)CCO4)c3)n2)c1. The second-order valence-electron chi connectivity index (χ2n) is 7.44. The van der Waals surface area contributed by atoms with Crippen molar-refractivity contribution in [3.63, 3.8) is 0 Å². The van der Waals surface area contributed by atoms with Crippen molar-refractivity contribution < 1.29 is 18.3 Å². The molecule has 0 unspecified atom stereocenters. The molecule has 0 bridgehead atoms. The van der Waals surface area contributed by atoms with Crippen LogP contribution in [0.5, 0.6) is 0 Å². The molecule has 1 aromatic heterocycles. The molecule has 0 radical (unpaired) electrons. The lowest BCUT2D eigenvalue weighted by Crippen LogP contribution is -2.53. The first-order chi connectivity index (χ1) is 14.6. The standard InChI is InChI=1S/C21H21F2N5O2/c22-15-7-16(23)9-18(8-15)28-13-24-21(26-28)25-17-3-1-2-14(6-17)20-10-27(4-5-30-20)19-11-29-12-19/h1-3,6-9,13,19-20H,4-5,10-12H2,(H,25,26)/t20-/m0/s1. The van der Waals surface area contributed by atoms with E-state index in [9.17, 15) is 8.78 Å². The van der Waals surface area contributed by atoms with E-state index in [0.29, 0.717) is 18.6 Å². The van der Waals surface area contributed by atoms with Gasteiger partial charge in [-0.3, -0.25) is 4.90 Å². The number of nitrogens with zero attached hydrogens (tertiary/aromatic N) is 4. The van der Waals surface area contributed by atoms with E-state index in [4.69, 9.17) is 9.47 Å². The molecule has 0 spiro atoms. The summed E-state index contributed by atoms with van der Waals surface area (Å²) < 4.78 is 39.5. The summed E-state index contributed by atoms with van der Waals surface area (Å²) in [7, 11) is 0. The highest BCUT2D eigenvalue weighted by atomic mass is 19.1. The molecule has 2 fully saturated rings. The van der Waals surface area contributed by atoms with Crippen LogP contribution in [0.3, 0.4) is 0 Å². The molecule has 2 aliphatic rings. The second-order valence-corrected chi connectivity index (χ2v) is 7.44. The number of nitrogens with one attached hydrogen (secondary N) is 1. The molecule has 1 atom stereocenters. The Morgan fingerprint density at radius 2 is 1.90 bits per heavy atom. The van der Waals surface area contributed by atoms with Gasteiger partial charge in [0.25, 0.3) is 0 Å². The van der Waals surface area contributed by atoms with E-state index >= 15 is 0 Å². The maximum atomic E-state index is 13.5. The number of rotatable bonds is 5. The number of morpholine rings is 1. The number of benzene rings is 2. The first-order valence-corrected chi connectivity index (χ1v) is 9.82. The minimum absolute atomic E-state index is 0.0121. The van der Waals surface area contributed by atoms with Gasteiger partial charge in [0.05, 0.1) is 37.7 Å². The average Bonchev–Trinajstić information content (AvgIpc) is 3.15. The second kappa shape index (κ2) is 8.10. The van der Waals surface area contributed by atoms with Crippen LogP contribution in [0.2, 0.25) is 0 Å². The Morgan fingerprint density at radius 1 is 1.07 bits per heavy atom. The zero-order chi connectivity index (χ0) is 20.5. The fraction of sp³-hybridized carbons (Fsp3) is 0.333. The molecular formula is C21H21F2N5O2. The molecule has 1 N–H and O–H groups in total. The van der Waals surface area contributed by atoms with Crippen LogP contribution in [0.1, 0.15) is 11.7 Å². The third-order valence-corrected chi connectivity index (χ3v) is 5.35. The average molecular weight is 413 g/mol. The van der Waals surface area contributed by atoms with Crippen molar-refractivity contribution >= 4 is 11.6 Å². The van der Waals surface area contributed by atoms with Crippen LogP contribution in [0, 0.1) is 11.6 Å². The van der Waals surface area contributed by atoms with Gasteiger partial charge < -0.3 is 14.8 Å². The predicted octanol–water partition coefficient (Wildman–Crippen LogP) is 3.06. The van der Waals surface area contributed by atoms with Gasteiger partial charge in [0.2, 0.25) is 5.95 Å². The van der Waals surface area contributed by atoms with Crippen LogP contribution in [0.15, 0.2) is 48.8 Å². The van der Waals surface area contributed by atoms with Crippen molar-refractivity contribution in [1.82, 2.24) is 19.7 Å². The number of anilines is 2. The van der Waals surface area contributed by atoms with E-state index in [1.807, 2.05) is 24.3 Å². The molecule has 2 aliphatic heterocycles. The molecule has 156 valence electrons. The summed E-state index contributed by atoms with van der Waals surface area (Å²) in [6, 6.07) is 11.6. The van der Waals surface area contributed by atoms with Crippen molar-refractivity contribution in [2.75, 3.05) is 38.2 Å². The maximum absolute atomic E-state index is 13.5. The number of ether oxygens (including phenoxy) is 2. The molecule has 9 heteroatoms. The minimum Gasteiger partial charge on any atom is -0.378 e. The fourth-order valence-electron chi connectivity index (χ4n) is 3.70.